The molecule has 3 N–H and O–H groups in total. The molecule has 1 saturated carbocycles. The Kier molecular flexibility index (Phi) is 7.65. The number of aliphatic hydroxyl groups excluding tert-OH is 1. The first kappa shape index (κ1) is 18.5. The highest BCUT2D eigenvalue weighted by atomic mass is 32.2. The molecule has 2 amide bonds. The van der Waals surface area contributed by atoms with Crippen LogP contribution in [0.3, 0.4) is 0 Å². The van der Waals surface area contributed by atoms with Crippen LogP contribution >= 0.6 is 11.8 Å². The number of carbonyl (C=O) groups excluding carboxylic acids is 2. The quantitative estimate of drug-likeness (QED) is 0.616. The van der Waals surface area contributed by atoms with Gasteiger partial charge in [0.1, 0.15) is 0 Å². The van der Waals surface area contributed by atoms with Gasteiger partial charge in [-0.05, 0) is 12.8 Å². The molecule has 23 heavy (non-hydrogen) atoms. The maximum Gasteiger partial charge on any atom is 0.232 e. The second kappa shape index (κ2) is 9.49. The van der Waals surface area contributed by atoms with E-state index in [1.807, 2.05) is 11.9 Å². The number of carbonyl (C=O) groups is 2. The van der Waals surface area contributed by atoms with Crippen molar-refractivity contribution in [1.82, 2.24) is 15.5 Å². The van der Waals surface area contributed by atoms with E-state index in [9.17, 15) is 14.7 Å². The average Bonchev–Trinajstić information content (AvgIpc) is 2.98. The van der Waals surface area contributed by atoms with Crippen LogP contribution in [0.4, 0.5) is 0 Å². The van der Waals surface area contributed by atoms with Crippen LogP contribution in [0.15, 0.2) is 0 Å². The standard InChI is InChI=1S/C16H29N3O3S/c1-19(13-5-3-2-4-6-13)16(22)11-23-10-15(21)18-8-12-7-17-9-14(12)20/h12-14,17,20H,2-11H2,1H3,(H,18,21). The minimum Gasteiger partial charge on any atom is -0.391 e. The lowest BCUT2D eigenvalue weighted by Crippen LogP contribution is -2.39. The third kappa shape index (κ3) is 5.97. The van der Waals surface area contributed by atoms with Gasteiger partial charge >= 0.3 is 0 Å². The summed E-state index contributed by atoms with van der Waals surface area (Å²) >= 11 is 1.36. The topological polar surface area (TPSA) is 81.7 Å². The summed E-state index contributed by atoms with van der Waals surface area (Å²) in [5.74, 6) is 0.782. The van der Waals surface area contributed by atoms with Crippen molar-refractivity contribution >= 4 is 23.6 Å². The van der Waals surface area contributed by atoms with Gasteiger partial charge in [-0.15, -0.1) is 11.8 Å². The summed E-state index contributed by atoms with van der Waals surface area (Å²) in [4.78, 5) is 25.8. The molecule has 1 heterocycles. The molecule has 0 aromatic heterocycles. The van der Waals surface area contributed by atoms with Crippen molar-refractivity contribution in [2.45, 2.75) is 44.2 Å². The molecule has 2 unspecified atom stereocenters. The molecule has 1 aliphatic heterocycles. The Balaban J connectivity index is 1.58. The number of hydrogen-bond acceptors (Lipinski definition) is 5. The summed E-state index contributed by atoms with van der Waals surface area (Å²) < 4.78 is 0. The van der Waals surface area contributed by atoms with Crippen LogP contribution in [0.25, 0.3) is 0 Å². The van der Waals surface area contributed by atoms with Gasteiger partial charge in [0, 0.05) is 38.6 Å². The minimum absolute atomic E-state index is 0.0674. The molecular formula is C16H29N3O3S. The highest BCUT2D eigenvalue weighted by molar-refractivity contribution is 8.00. The Morgan fingerprint density at radius 2 is 1.96 bits per heavy atom. The van der Waals surface area contributed by atoms with E-state index in [2.05, 4.69) is 10.6 Å². The first-order valence-electron chi connectivity index (χ1n) is 8.57. The van der Waals surface area contributed by atoms with E-state index < -0.39 is 0 Å². The van der Waals surface area contributed by atoms with Gasteiger partial charge in [0.05, 0.1) is 17.6 Å². The van der Waals surface area contributed by atoms with Crippen LogP contribution in [0, 0.1) is 5.92 Å². The Bertz CT molecular complexity index is 402. The SMILES string of the molecule is CN(C(=O)CSCC(=O)NCC1CNCC1O)C1CCCCC1. The van der Waals surface area contributed by atoms with Gasteiger partial charge < -0.3 is 20.6 Å². The fourth-order valence-corrected chi connectivity index (χ4v) is 4.00. The van der Waals surface area contributed by atoms with Gasteiger partial charge in [-0.3, -0.25) is 9.59 Å². The Morgan fingerprint density at radius 3 is 2.61 bits per heavy atom. The molecule has 1 saturated heterocycles. The van der Waals surface area contributed by atoms with Crippen LogP contribution in [0.2, 0.25) is 0 Å². The summed E-state index contributed by atoms with van der Waals surface area (Å²) in [7, 11) is 1.88. The van der Waals surface area contributed by atoms with Gasteiger partial charge in [-0.1, -0.05) is 19.3 Å². The molecule has 1 aliphatic carbocycles. The van der Waals surface area contributed by atoms with E-state index in [-0.39, 0.29) is 23.8 Å². The van der Waals surface area contributed by atoms with Crippen molar-refractivity contribution in [3.8, 4) is 0 Å². The maximum absolute atomic E-state index is 12.2. The second-order valence-electron chi connectivity index (χ2n) is 6.58. The molecule has 0 radical (unpaired) electrons. The highest BCUT2D eigenvalue weighted by Gasteiger charge is 2.25. The van der Waals surface area contributed by atoms with Gasteiger partial charge in [0.2, 0.25) is 11.8 Å². The van der Waals surface area contributed by atoms with Crippen molar-refractivity contribution in [3.05, 3.63) is 0 Å². The van der Waals surface area contributed by atoms with Crippen molar-refractivity contribution in [2.24, 2.45) is 5.92 Å². The second-order valence-corrected chi connectivity index (χ2v) is 7.56. The van der Waals surface area contributed by atoms with Crippen LogP contribution in [0.5, 0.6) is 0 Å². The number of amides is 2. The highest BCUT2D eigenvalue weighted by Crippen LogP contribution is 2.22. The number of nitrogens with zero attached hydrogens (tertiary/aromatic N) is 1. The van der Waals surface area contributed by atoms with E-state index in [1.54, 1.807) is 0 Å². The number of hydrogen-bond donors (Lipinski definition) is 3. The molecule has 2 atom stereocenters. The first-order chi connectivity index (χ1) is 11.1. The number of β-amino-alcohol motifs (C(OH)–C–C–N with tert-alkyl or cyclic N) is 1. The Morgan fingerprint density at radius 1 is 1.22 bits per heavy atom. The first-order valence-corrected chi connectivity index (χ1v) is 9.72. The van der Waals surface area contributed by atoms with Gasteiger partial charge in [-0.25, -0.2) is 0 Å². The molecule has 7 heteroatoms. The minimum atomic E-state index is -0.381. The van der Waals surface area contributed by atoms with Gasteiger partial charge in [0.25, 0.3) is 0 Å². The van der Waals surface area contributed by atoms with Crippen LogP contribution in [-0.4, -0.2) is 72.2 Å². The van der Waals surface area contributed by atoms with Crippen molar-refractivity contribution in [2.75, 3.05) is 38.2 Å². The van der Waals surface area contributed by atoms with E-state index in [0.29, 0.717) is 30.6 Å². The zero-order valence-electron chi connectivity index (χ0n) is 13.9. The lowest BCUT2D eigenvalue weighted by atomic mass is 9.94. The third-order valence-electron chi connectivity index (χ3n) is 4.84. The molecule has 0 aromatic carbocycles. The third-order valence-corrected chi connectivity index (χ3v) is 5.76. The smallest absolute Gasteiger partial charge is 0.232 e. The van der Waals surface area contributed by atoms with Gasteiger partial charge in [-0.2, -0.15) is 0 Å². The largest absolute Gasteiger partial charge is 0.391 e. The number of aliphatic hydroxyl groups is 1. The van der Waals surface area contributed by atoms with Crippen molar-refractivity contribution in [3.63, 3.8) is 0 Å². The zero-order valence-corrected chi connectivity index (χ0v) is 14.7. The summed E-state index contributed by atoms with van der Waals surface area (Å²) in [6, 6.07) is 0.377. The summed E-state index contributed by atoms with van der Waals surface area (Å²) in [5.41, 5.74) is 0. The van der Waals surface area contributed by atoms with Gasteiger partial charge in [0.15, 0.2) is 0 Å². The lowest BCUT2D eigenvalue weighted by molar-refractivity contribution is -0.129. The summed E-state index contributed by atoms with van der Waals surface area (Å²) in [6.07, 6.45) is 5.52. The fraction of sp³-hybridized carbons (Fsp3) is 0.875. The molecule has 0 bridgehead atoms. The van der Waals surface area contributed by atoms with E-state index in [0.717, 1.165) is 19.4 Å². The Labute approximate surface area is 142 Å². The van der Waals surface area contributed by atoms with E-state index in [1.165, 1.54) is 31.0 Å². The molecule has 2 aliphatic rings. The van der Waals surface area contributed by atoms with Crippen LogP contribution < -0.4 is 10.6 Å². The van der Waals surface area contributed by atoms with E-state index in [4.69, 9.17) is 0 Å². The predicted octanol–water partition coefficient (Wildman–Crippen LogP) is 0.207. The molecule has 2 rings (SSSR count). The average molecular weight is 343 g/mol. The van der Waals surface area contributed by atoms with Crippen molar-refractivity contribution in [1.29, 1.82) is 0 Å². The molecule has 0 spiro atoms. The molecular weight excluding hydrogens is 314 g/mol. The molecule has 2 fully saturated rings. The maximum atomic E-state index is 12.2. The fourth-order valence-electron chi connectivity index (χ4n) is 3.23. The number of rotatable bonds is 7. The van der Waals surface area contributed by atoms with Crippen LogP contribution in [0.1, 0.15) is 32.1 Å². The van der Waals surface area contributed by atoms with Crippen LogP contribution in [-0.2, 0) is 9.59 Å². The number of nitrogens with one attached hydrogen (secondary N) is 2. The normalized spacial score (nSPS) is 25.3. The molecule has 6 nitrogen and oxygen atoms in total. The lowest BCUT2D eigenvalue weighted by Gasteiger charge is -2.31. The monoisotopic (exact) mass is 343 g/mol. The van der Waals surface area contributed by atoms with E-state index >= 15 is 0 Å². The van der Waals surface area contributed by atoms with Crippen molar-refractivity contribution < 1.29 is 14.7 Å². The molecule has 0 aromatic rings. The molecule has 132 valence electrons. The predicted molar refractivity (Wildman–Crippen MR) is 92.3 cm³/mol. The zero-order chi connectivity index (χ0) is 16.7. The number of thioether (sulfide) groups is 1. The summed E-state index contributed by atoms with van der Waals surface area (Å²) in [5, 5.41) is 15.6. The Hall–Kier alpha value is -0.790. The summed E-state index contributed by atoms with van der Waals surface area (Å²) in [6.45, 7) is 1.82.